The summed E-state index contributed by atoms with van der Waals surface area (Å²) in [6.45, 7) is 0.804. The summed E-state index contributed by atoms with van der Waals surface area (Å²) in [6, 6.07) is 0. The minimum Gasteiger partial charge on any atom is -0.373 e. The number of thioether (sulfide) groups is 1. The summed E-state index contributed by atoms with van der Waals surface area (Å²) in [5, 5.41) is 10.0. The molecule has 0 saturated carbocycles. The van der Waals surface area contributed by atoms with Crippen molar-refractivity contribution in [3.63, 3.8) is 0 Å². The first kappa shape index (κ1) is 7.12. The van der Waals surface area contributed by atoms with Crippen molar-refractivity contribution in [1.29, 1.82) is 0 Å². The Labute approximate surface area is 68.3 Å². The lowest BCUT2D eigenvalue weighted by atomic mass is 10.3. The molecule has 0 spiro atoms. The molecule has 2 rings (SSSR count). The van der Waals surface area contributed by atoms with Gasteiger partial charge in [-0.1, -0.05) is 11.8 Å². The first-order chi connectivity index (χ1) is 5.27. The maximum absolute atomic E-state index is 10.8. The molecule has 0 aromatic heterocycles. The van der Waals surface area contributed by atoms with E-state index >= 15 is 0 Å². The van der Waals surface area contributed by atoms with Crippen molar-refractivity contribution in [2.24, 2.45) is 4.99 Å². The number of aliphatic hydroxyl groups excluding tert-OH is 1. The van der Waals surface area contributed by atoms with E-state index in [4.69, 9.17) is 0 Å². The molecule has 0 radical (unpaired) electrons. The van der Waals surface area contributed by atoms with Crippen molar-refractivity contribution in [1.82, 2.24) is 4.90 Å². The molecule has 11 heavy (non-hydrogen) atoms. The van der Waals surface area contributed by atoms with Gasteiger partial charge in [0.05, 0.1) is 6.42 Å². The van der Waals surface area contributed by atoms with Crippen LogP contribution in [-0.4, -0.2) is 39.6 Å². The van der Waals surface area contributed by atoms with Crippen molar-refractivity contribution in [3.8, 4) is 0 Å². The molecule has 1 atom stereocenters. The Hall–Kier alpha value is -0.550. The molecule has 1 saturated heterocycles. The molecule has 2 aliphatic rings. The smallest absolute Gasteiger partial charge is 0.252 e. The van der Waals surface area contributed by atoms with Crippen molar-refractivity contribution in [2.45, 2.75) is 12.6 Å². The van der Waals surface area contributed by atoms with Crippen LogP contribution in [0.15, 0.2) is 4.99 Å². The molecular weight excluding hydrogens is 164 g/mol. The topological polar surface area (TPSA) is 52.9 Å². The second-order valence-corrected chi connectivity index (χ2v) is 3.58. The lowest BCUT2D eigenvalue weighted by molar-refractivity contribution is -0.122. The van der Waals surface area contributed by atoms with Gasteiger partial charge >= 0.3 is 0 Å². The van der Waals surface area contributed by atoms with E-state index in [9.17, 15) is 9.90 Å². The van der Waals surface area contributed by atoms with E-state index in [2.05, 4.69) is 4.99 Å². The summed E-state index contributed by atoms with van der Waals surface area (Å²) >= 11 is 1.53. The molecule has 0 aliphatic carbocycles. The minimum atomic E-state index is -0.634. The molecule has 0 aromatic carbocycles. The molecule has 1 amide bonds. The zero-order valence-electron chi connectivity index (χ0n) is 5.86. The second kappa shape index (κ2) is 2.49. The van der Waals surface area contributed by atoms with Crippen LogP contribution in [0.25, 0.3) is 0 Å². The molecule has 0 bridgehead atoms. The van der Waals surface area contributed by atoms with Crippen LogP contribution < -0.4 is 0 Å². The number of rotatable bonds is 0. The van der Waals surface area contributed by atoms with Gasteiger partial charge in [0.15, 0.2) is 5.17 Å². The first-order valence-corrected chi connectivity index (χ1v) is 4.45. The van der Waals surface area contributed by atoms with E-state index in [0.29, 0.717) is 5.17 Å². The van der Waals surface area contributed by atoms with Crippen LogP contribution in [0.4, 0.5) is 0 Å². The van der Waals surface area contributed by atoms with Crippen molar-refractivity contribution >= 4 is 22.8 Å². The third-order valence-electron chi connectivity index (χ3n) is 1.75. The van der Waals surface area contributed by atoms with Gasteiger partial charge in [-0.15, -0.1) is 0 Å². The highest BCUT2D eigenvalue weighted by atomic mass is 32.2. The highest BCUT2D eigenvalue weighted by Gasteiger charge is 2.31. The normalized spacial score (nSPS) is 30.3. The van der Waals surface area contributed by atoms with Gasteiger partial charge in [-0.2, -0.15) is 4.99 Å². The summed E-state index contributed by atoms with van der Waals surface area (Å²) in [4.78, 5) is 16.4. The quantitative estimate of drug-likeness (QED) is 0.542. The van der Waals surface area contributed by atoms with Gasteiger partial charge < -0.3 is 10.0 Å². The zero-order chi connectivity index (χ0) is 7.84. The number of hydrogen-bond acceptors (Lipinski definition) is 4. The highest BCUT2D eigenvalue weighted by molar-refractivity contribution is 8.14. The van der Waals surface area contributed by atoms with E-state index < -0.39 is 6.23 Å². The Morgan fingerprint density at radius 2 is 2.55 bits per heavy atom. The van der Waals surface area contributed by atoms with Crippen molar-refractivity contribution < 1.29 is 9.90 Å². The third kappa shape index (κ3) is 1.14. The van der Waals surface area contributed by atoms with E-state index in [1.165, 1.54) is 11.8 Å². The lowest BCUT2D eigenvalue weighted by Crippen LogP contribution is -2.40. The van der Waals surface area contributed by atoms with Crippen LogP contribution >= 0.6 is 11.8 Å². The summed E-state index contributed by atoms with van der Waals surface area (Å²) < 4.78 is 0. The number of amides is 1. The SMILES string of the molecule is O=C1C[C@@H](O)N2CCSC2=N1. The molecule has 1 N–H and O–H groups in total. The Bertz CT molecular complexity index is 229. The van der Waals surface area contributed by atoms with E-state index in [-0.39, 0.29) is 12.3 Å². The zero-order valence-corrected chi connectivity index (χ0v) is 6.67. The minimum absolute atomic E-state index is 0.143. The summed E-state index contributed by atoms with van der Waals surface area (Å²) in [7, 11) is 0. The molecule has 4 nitrogen and oxygen atoms in total. The standard InChI is InChI=1S/C6H8N2O2S/c9-4-3-5(10)8-1-2-11-6(8)7-4/h5,10H,1-3H2/t5-/m1/s1. The number of aliphatic hydroxyl groups is 1. The average Bonchev–Trinajstić information content (AvgIpc) is 2.34. The van der Waals surface area contributed by atoms with Gasteiger partial charge in [0.2, 0.25) is 0 Å². The summed E-state index contributed by atoms with van der Waals surface area (Å²) in [5.41, 5.74) is 0. The van der Waals surface area contributed by atoms with Gasteiger partial charge in [-0.25, -0.2) is 0 Å². The number of aliphatic imine (C=N–C) groups is 1. The number of nitrogens with zero attached hydrogens (tertiary/aromatic N) is 2. The maximum atomic E-state index is 10.8. The molecular formula is C6H8N2O2S. The van der Waals surface area contributed by atoms with Gasteiger partial charge in [0.25, 0.3) is 5.91 Å². The molecule has 2 heterocycles. The van der Waals surface area contributed by atoms with Gasteiger partial charge in [-0.3, -0.25) is 4.79 Å². The Balaban J connectivity index is 2.27. The van der Waals surface area contributed by atoms with E-state index in [0.717, 1.165) is 12.3 Å². The van der Waals surface area contributed by atoms with Gasteiger partial charge in [0.1, 0.15) is 6.23 Å². The van der Waals surface area contributed by atoms with E-state index in [1.54, 1.807) is 4.90 Å². The number of amidine groups is 1. The fourth-order valence-electron chi connectivity index (χ4n) is 1.21. The van der Waals surface area contributed by atoms with Crippen LogP contribution in [0.1, 0.15) is 6.42 Å². The van der Waals surface area contributed by atoms with Gasteiger partial charge in [-0.05, 0) is 0 Å². The molecule has 60 valence electrons. The average molecular weight is 172 g/mol. The maximum Gasteiger partial charge on any atom is 0.252 e. The summed E-state index contributed by atoms with van der Waals surface area (Å²) in [5.74, 6) is 0.710. The Morgan fingerprint density at radius 1 is 1.73 bits per heavy atom. The third-order valence-corrected chi connectivity index (χ3v) is 2.72. The monoisotopic (exact) mass is 172 g/mol. The van der Waals surface area contributed by atoms with Crippen molar-refractivity contribution in [2.75, 3.05) is 12.3 Å². The van der Waals surface area contributed by atoms with Gasteiger partial charge in [0, 0.05) is 12.3 Å². The van der Waals surface area contributed by atoms with Crippen LogP contribution in [0, 0.1) is 0 Å². The molecule has 1 fully saturated rings. The van der Waals surface area contributed by atoms with Crippen LogP contribution in [0.2, 0.25) is 0 Å². The van der Waals surface area contributed by atoms with Crippen LogP contribution in [0.5, 0.6) is 0 Å². The largest absolute Gasteiger partial charge is 0.373 e. The Morgan fingerprint density at radius 3 is 3.36 bits per heavy atom. The lowest BCUT2D eigenvalue weighted by Gasteiger charge is -2.26. The molecule has 0 unspecified atom stereocenters. The van der Waals surface area contributed by atoms with Crippen LogP contribution in [0.3, 0.4) is 0 Å². The predicted octanol–water partition coefficient (Wildman–Crippen LogP) is -0.360. The second-order valence-electron chi connectivity index (χ2n) is 2.51. The fourth-order valence-corrected chi connectivity index (χ4v) is 2.22. The van der Waals surface area contributed by atoms with Crippen molar-refractivity contribution in [3.05, 3.63) is 0 Å². The molecule has 2 aliphatic heterocycles. The fraction of sp³-hybridized carbons (Fsp3) is 0.667. The number of carbonyl (C=O) groups excluding carboxylic acids is 1. The number of hydrogen-bond donors (Lipinski definition) is 1. The number of carbonyl (C=O) groups is 1. The molecule has 5 heteroatoms. The predicted molar refractivity (Wildman–Crippen MR) is 42.2 cm³/mol. The Kier molecular flexibility index (Phi) is 1.61. The number of fused-ring (bicyclic) bond motifs is 1. The highest BCUT2D eigenvalue weighted by Crippen LogP contribution is 2.24. The first-order valence-electron chi connectivity index (χ1n) is 3.46. The summed E-state index contributed by atoms with van der Waals surface area (Å²) in [6.07, 6.45) is -0.491. The van der Waals surface area contributed by atoms with Crippen LogP contribution in [-0.2, 0) is 4.79 Å². The van der Waals surface area contributed by atoms with E-state index in [1.807, 2.05) is 0 Å². The molecule has 0 aromatic rings.